The molecule has 3 rings (SSSR count). The Hall–Kier alpha value is -1.64. The summed E-state index contributed by atoms with van der Waals surface area (Å²) in [5, 5.41) is 3.63. The van der Waals surface area contributed by atoms with E-state index in [1.54, 1.807) is 0 Å². The molecule has 120 valence electrons. The number of hydrogen-bond donors (Lipinski definition) is 0. The molecule has 0 fully saturated rings. The Morgan fingerprint density at radius 1 is 0.708 bits per heavy atom. The highest BCUT2D eigenvalue weighted by molar-refractivity contribution is 14.1. The quantitative estimate of drug-likeness (QED) is 0.333. The Balaban J connectivity index is 2.42. The number of hydrogen-bond acceptors (Lipinski definition) is 1. The van der Waals surface area contributed by atoms with E-state index in [2.05, 4.69) is 95.4 Å². The largest absolute Gasteiger partial charge is 0.294 e. The standard InChI is InChI=1S/C21H18IOP/c22-16-18(23)17-24(19-10-4-1-5-11-19,20-12-6-2-7-13-20)21-14-8-3-9-15-21/h1-15,17H,16H2. The topological polar surface area (TPSA) is 17.1 Å². The molecule has 0 aliphatic rings. The molecule has 0 heterocycles. The average Bonchev–Trinajstić information content (AvgIpc) is 2.68. The van der Waals surface area contributed by atoms with Crippen molar-refractivity contribution in [3.63, 3.8) is 0 Å². The SMILES string of the molecule is O=C(C=P(c1ccccc1)(c1ccccc1)c1ccccc1)CI. The van der Waals surface area contributed by atoms with Crippen molar-refractivity contribution in [2.75, 3.05) is 4.43 Å². The van der Waals surface area contributed by atoms with E-state index in [9.17, 15) is 4.79 Å². The Bertz CT molecular complexity index is 755. The summed E-state index contributed by atoms with van der Waals surface area (Å²) >= 11 is 2.15. The molecule has 24 heavy (non-hydrogen) atoms. The van der Waals surface area contributed by atoms with E-state index in [1.807, 2.05) is 24.0 Å². The second-order valence-electron chi connectivity index (χ2n) is 5.46. The van der Waals surface area contributed by atoms with Crippen molar-refractivity contribution < 1.29 is 4.79 Å². The van der Waals surface area contributed by atoms with E-state index < -0.39 is 6.89 Å². The summed E-state index contributed by atoms with van der Waals surface area (Å²) < 4.78 is 0.492. The van der Waals surface area contributed by atoms with Gasteiger partial charge in [0.2, 0.25) is 0 Å². The van der Waals surface area contributed by atoms with Crippen LogP contribution in [0.4, 0.5) is 0 Å². The van der Waals surface area contributed by atoms with Crippen LogP contribution in [-0.2, 0) is 4.79 Å². The third-order valence-electron chi connectivity index (χ3n) is 3.96. The summed E-state index contributed by atoms with van der Waals surface area (Å²) in [6.45, 7) is -2.11. The molecule has 0 aliphatic heterocycles. The molecule has 0 saturated carbocycles. The van der Waals surface area contributed by atoms with Gasteiger partial charge in [-0.1, -0.05) is 114 Å². The third-order valence-corrected chi connectivity index (χ3v) is 8.72. The number of ketones is 1. The molecular formula is C21H18IOP. The fraction of sp³-hybridized carbons (Fsp3) is 0.0476. The zero-order valence-corrected chi connectivity index (χ0v) is 16.2. The smallest absolute Gasteiger partial charge is 0.166 e. The maximum atomic E-state index is 12.5. The molecule has 0 saturated heterocycles. The van der Waals surface area contributed by atoms with Gasteiger partial charge in [0, 0.05) is 0 Å². The molecule has 0 bridgehead atoms. The van der Waals surface area contributed by atoms with Crippen LogP contribution in [0.3, 0.4) is 0 Å². The average molecular weight is 444 g/mol. The predicted molar refractivity (Wildman–Crippen MR) is 115 cm³/mol. The van der Waals surface area contributed by atoms with Gasteiger partial charge in [0.15, 0.2) is 5.78 Å². The van der Waals surface area contributed by atoms with Gasteiger partial charge in [0.25, 0.3) is 0 Å². The molecular weight excluding hydrogens is 426 g/mol. The molecule has 0 aliphatic carbocycles. The van der Waals surface area contributed by atoms with E-state index in [0.717, 1.165) is 0 Å². The second-order valence-corrected chi connectivity index (χ2v) is 9.47. The summed E-state index contributed by atoms with van der Waals surface area (Å²) in [6.07, 6.45) is 0. The summed E-state index contributed by atoms with van der Waals surface area (Å²) in [4.78, 5) is 12.5. The number of carbonyl (C=O) groups is 1. The van der Waals surface area contributed by atoms with Crippen LogP contribution < -0.4 is 15.9 Å². The number of benzene rings is 3. The number of rotatable bonds is 5. The minimum absolute atomic E-state index is 0.181. The minimum atomic E-state index is -2.11. The second kappa shape index (κ2) is 7.96. The first-order valence-corrected chi connectivity index (χ1v) is 11.2. The molecule has 0 N–H and O–H groups in total. The lowest BCUT2D eigenvalue weighted by Crippen LogP contribution is -2.28. The highest BCUT2D eigenvalue weighted by Crippen LogP contribution is 2.43. The van der Waals surface area contributed by atoms with Crippen LogP contribution in [0.2, 0.25) is 0 Å². The first-order chi connectivity index (χ1) is 11.8. The van der Waals surface area contributed by atoms with Crippen molar-refractivity contribution in [3.05, 3.63) is 91.0 Å². The van der Waals surface area contributed by atoms with Crippen molar-refractivity contribution in [1.82, 2.24) is 0 Å². The van der Waals surface area contributed by atoms with Crippen LogP contribution in [0.1, 0.15) is 0 Å². The van der Waals surface area contributed by atoms with Crippen molar-refractivity contribution >= 4 is 57.0 Å². The molecule has 3 heteroatoms. The van der Waals surface area contributed by atoms with Crippen molar-refractivity contribution in [3.8, 4) is 0 Å². The lowest BCUT2D eigenvalue weighted by Gasteiger charge is -2.28. The van der Waals surface area contributed by atoms with E-state index >= 15 is 0 Å². The summed E-state index contributed by atoms with van der Waals surface area (Å²) in [7, 11) is 0. The fourth-order valence-electron chi connectivity index (χ4n) is 2.91. The molecule has 0 aromatic heterocycles. The Labute approximate surface area is 156 Å². The van der Waals surface area contributed by atoms with Crippen molar-refractivity contribution in [1.29, 1.82) is 0 Å². The molecule has 0 amide bonds. The monoisotopic (exact) mass is 444 g/mol. The number of alkyl halides is 1. The van der Waals surface area contributed by atoms with Crippen LogP contribution in [0.25, 0.3) is 0 Å². The maximum absolute atomic E-state index is 12.5. The van der Waals surface area contributed by atoms with Gasteiger partial charge in [-0.05, 0) is 28.6 Å². The molecule has 3 aromatic rings. The maximum Gasteiger partial charge on any atom is 0.166 e. The van der Waals surface area contributed by atoms with Crippen LogP contribution in [0.15, 0.2) is 91.0 Å². The Morgan fingerprint density at radius 2 is 1.04 bits per heavy atom. The zero-order valence-electron chi connectivity index (χ0n) is 13.2. The molecule has 0 unspecified atom stereocenters. The number of halogens is 1. The van der Waals surface area contributed by atoms with Gasteiger partial charge in [-0.15, -0.1) is 0 Å². The Kier molecular flexibility index (Phi) is 5.70. The van der Waals surface area contributed by atoms with E-state index in [0.29, 0.717) is 4.43 Å². The van der Waals surface area contributed by atoms with Crippen molar-refractivity contribution in [2.24, 2.45) is 0 Å². The van der Waals surface area contributed by atoms with Gasteiger partial charge in [-0.2, -0.15) is 0 Å². The van der Waals surface area contributed by atoms with Crippen LogP contribution in [-0.4, -0.2) is 16.0 Å². The fourth-order valence-corrected chi connectivity index (χ4v) is 7.27. The summed E-state index contributed by atoms with van der Waals surface area (Å²) in [6, 6.07) is 31.3. The molecule has 1 nitrogen and oxygen atoms in total. The molecule has 3 aromatic carbocycles. The number of Topliss-reactive ketones (excluding diaryl/α,β-unsaturated/α-hetero) is 1. The lowest BCUT2D eigenvalue weighted by molar-refractivity contribution is -0.109. The van der Waals surface area contributed by atoms with E-state index in [1.165, 1.54) is 15.9 Å². The highest BCUT2D eigenvalue weighted by Gasteiger charge is 2.25. The predicted octanol–water partition coefficient (Wildman–Crippen LogP) is 3.79. The van der Waals surface area contributed by atoms with Gasteiger partial charge >= 0.3 is 0 Å². The lowest BCUT2D eigenvalue weighted by atomic mass is 10.4. The zero-order chi connectivity index (χ0) is 16.8. The summed E-state index contributed by atoms with van der Waals surface area (Å²) in [5.41, 5.74) is 0. The Morgan fingerprint density at radius 3 is 1.33 bits per heavy atom. The van der Waals surface area contributed by atoms with Crippen molar-refractivity contribution in [2.45, 2.75) is 0 Å². The van der Waals surface area contributed by atoms with E-state index in [-0.39, 0.29) is 5.78 Å². The van der Waals surface area contributed by atoms with Gasteiger partial charge in [0.05, 0.1) is 4.43 Å². The van der Waals surface area contributed by atoms with Crippen LogP contribution >= 0.6 is 29.5 Å². The van der Waals surface area contributed by atoms with Gasteiger partial charge < -0.3 is 0 Å². The minimum Gasteiger partial charge on any atom is -0.294 e. The molecule has 0 radical (unpaired) electrons. The number of carbonyl (C=O) groups excluding carboxylic acids is 1. The van der Waals surface area contributed by atoms with Crippen LogP contribution in [0.5, 0.6) is 0 Å². The first kappa shape index (κ1) is 17.2. The van der Waals surface area contributed by atoms with Gasteiger partial charge in [-0.3, -0.25) is 4.79 Å². The highest BCUT2D eigenvalue weighted by atomic mass is 127. The summed E-state index contributed by atoms with van der Waals surface area (Å²) in [5.74, 6) is 2.17. The molecule has 0 spiro atoms. The molecule has 0 atom stereocenters. The van der Waals surface area contributed by atoms with Gasteiger partial charge in [0.1, 0.15) is 0 Å². The van der Waals surface area contributed by atoms with Crippen LogP contribution in [0, 0.1) is 0 Å². The van der Waals surface area contributed by atoms with Gasteiger partial charge in [-0.25, -0.2) is 0 Å². The van der Waals surface area contributed by atoms with E-state index in [4.69, 9.17) is 0 Å². The normalized spacial score (nSPS) is 11.0. The third kappa shape index (κ3) is 3.40. The first-order valence-electron chi connectivity index (χ1n) is 7.77.